The summed E-state index contributed by atoms with van der Waals surface area (Å²) >= 11 is 1.63. The normalized spacial score (nSPS) is 12.1. The monoisotopic (exact) mass is 248 g/mol. The number of hydrogen-bond donors (Lipinski definition) is 2. The van der Waals surface area contributed by atoms with Gasteiger partial charge in [-0.3, -0.25) is 0 Å². The largest absolute Gasteiger partial charge is 0.478 e. The van der Waals surface area contributed by atoms with Gasteiger partial charge < -0.3 is 10.4 Å². The standard InChI is InChI=1S/C12H12N2O2S/c1-8(10-3-5-17-7-10)14-11-6-9(12(15)16)2-4-13-11/h2-8H,1H3,(H,13,14)(H,15,16). The van der Waals surface area contributed by atoms with E-state index in [1.807, 2.05) is 18.4 Å². The van der Waals surface area contributed by atoms with Crippen molar-refractivity contribution in [3.8, 4) is 0 Å². The molecule has 0 aromatic carbocycles. The van der Waals surface area contributed by atoms with Gasteiger partial charge in [0.2, 0.25) is 0 Å². The number of rotatable bonds is 4. The van der Waals surface area contributed by atoms with Gasteiger partial charge in [0.05, 0.1) is 11.6 Å². The second-order valence-electron chi connectivity index (χ2n) is 3.66. The predicted molar refractivity (Wildman–Crippen MR) is 67.6 cm³/mol. The Hall–Kier alpha value is -1.88. The number of aromatic nitrogens is 1. The SMILES string of the molecule is CC(Nc1cc(C(=O)O)ccn1)c1ccsc1. The molecule has 1 atom stereocenters. The second-order valence-corrected chi connectivity index (χ2v) is 4.44. The molecule has 0 radical (unpaired) electrons. The lowest BCUT2D eigenvalue weighted by atomic mass is 10.2. The summed E-state index contributed by atoms with van der Waals surface area (Å²) in [6.07, 6.45) is 1.49. The third kappa shape index (κ3) is 2.82. The molecule has 2 rings (SSSR count). The van der Waals surface area contributed by atoms with E-state index < -0.39 is 5.97 Å². The zero-order valence-electron chi connectivity index (χ0n) is 9.25. The Morgan fingerprint density at radius 2 is 2.35 bits per heavy atom. The number of nitrogens with zero attached hydrogens (tertiary/aromatic N) is 1. The first-order chi connectivity index (χ1) is 8.16. The van der Waals surface area contributed by atoms with Gasteiger partial charge in [-0.15, -0.1) is 0 Å². The van der Waals surface area contributed by atoms with Gasteiger partial charge in [-0.05, 0) is 41.4 Å². The third-order valence-electron chi connectivity index (χ3n) is 2.41. The predicted octanol–water partition coefficient (Wildman–Crippen LogP) is 3.01. The number of thiophene rings is 1. The minimum Gasteiger partial charge on any atom is -0.478 e. The lowest BCUT2D eigenvalue weighted by molar-refractivity contribution is 0.0697. The van der Waals surface area contributed by atoms with E-state index in [1.54, 1.807) is 11.3 Å². The topological polar surface area (TPSA) is 62.2 Å². The molecule has 0 saturated carbocycles. The summed E-state index contributed by atoms with van der Waals surface area (Å²) in [5.41, 5.74) is 1.40. The van der Waals surface area contributed by atoms with Gasteiger partial charge >= 0.3 is 5.97 Å². The Kier molecular flexibility index (Phi) is 3.39. The average molecular weight is 248 g/mol. The first kappa shape index (κ1) is 11.6. The van der Waals surface area contributed by atoms with Crippen LogP contribution in [-0.4, -0.2) is 16.1 Å². The zero-order valence-corrected chi connectivity index (χ0v) is 10.1. The summed E-state index contributed by atoms with van der Waals surface area (Å²) in [5, 5.41) is 16.1. The van der Waals surface area contributed by atoms with Crippen molar-refractivity contribution in [2.75, 3.05) is 5.32 Å². The number of carbonyl (C=O) groups is 1. The fraction of sp³-hybridized carbons (Fsp3) is 0.167. The molecular weight excluding hydrogens is 236 g/mol. The van der Waals surface area contributed by atoms with Gasteiger partial charge in [-0.25, -0.2) is 9.78 Å². The molecule has 88 valence electrons. The van der Waals surface area contributed by atoms with Crippen molar-refractivity contribution in [2.45, 2.75) is 13.0 Å². The molecule has 1 unspecified atom stereocenters. The number of aromatic carboxylic acids is 1. The smallest absolute Gasteiger partial charge is 0.335 e. The molecule has 2 heterocycles. The van der Waals surface area contributed by atoms with E-state index in [-0.39, 0.29) is 11.6 Å². The van der Waals surface area contributed by atoms with E-state index in [0.717, 1.165) is 5.56 Å². The van der Waals surface area contributed by atoms with E-state index in [0.29, 0.717) is 5.82 Å². The fourth-order valence-corrected chi connectivity index (χ4v) is 2.22. The molecule has 0 saturated heterocycles. The lowest BCUT2D eigenvalue weighted by Crippen LogP contribution is -2.08. The average Bonchev–Trinajstić information content (AvgIpc) is 2.82. The van der Waals surface area contributed by atoms with Crippen LogP contribution in [0.25, 0.3) is 0 Å². The Balaban J connectivity index is 2.13. The van der Waals surface area contributed by atoms with Crippen molar-refractivity contribution in [3.05, 3.63) is 46.3 Å². The Morgan fingerprint density at radius 1 is 1.53 bits per heavy atom. The van der Waals surface area contributed by atoms with Gasteiger partial charge in [0, 0.05) is 6.20 Å². The Morgan fingerprint density at radius 3 is 3.00 bits per heavy atom. The van der Waals surface area contributed by atoms with Crippen LogP contribution in [0.15, 0.2) is 35.2 Å². The van der Waals surface area contributed by atoms with Crippen molar-refractivity contribution < 1.29 is 9.90 Å². The molecular formula is C12H12N2O2S. The number of pyridine rings is 1. The zero-order chi connectivity index (χ0) is 12.3. The van der Waals surface area contributed by atoms with Crippen LogP contribution in [0.1, 0.15) is 28.9 Å². The lowest BCUT2D eigenvalue weighted by Gasteiger charge is -2.13. The van der Waals surface area contributed by atoms with Crippen molar-refractivity contribution in [2.24, 2.45) is 0 Å². The first-order valence-corrected chi connectivity index (χ1v) is 6.09. The number of anilines is 1. The van der Waals surface area contributed by atoms with Gasteiger partial charge in [0.25, 0.3) is 0 Å². The number of carboxylic acids is 1. The Labute approximate surface area is 103 Å². The molecule has 4 nitrogen and oxygen atoms in total. The summed E-state index contributed by atoms with van der Waals surface area (Å²) in [6, 6.07) is 5.15. The van der Waals surface area contributed by atoms with E-state index >= 15 is 0 Å². The minimum atomic E-state index is -0.946. The van der Waals surface area contributed by atoms with E-state index in [2.05, 4.69) is 15.7 Å². The van der Waals surface area contributed by atoms with Crippen molar-refractivity contribution >= 4 is 23.1 Å². The van der Waals surface area contributed by atoms with Crippen LogP contribution in [0.3, 0.4) is 0 Å². The van der Waals surface area contributed by atoms with Gasteiger partial charge in [0.1, 0.15) is 5.82 Å². The second kappa shape index (κ2) is 4.97. The third-order valence-corrected chi connectivity index (χ3v) is 3.12. The van der Waals surface area contributed by atoms with Crippen LogP contribution in [0, 0.1) is 0 Å². The highest BCUT2D eigenvalue weighted by Gasteiger charge is 2.08. The van der Waals surface area contributed by atoms with Gasteiger partial charge in [-0.2, -0.15) is 11.3 Å². The van der Waals surface area contributed by atoms with Crippen LogP contribution < -0.4 is 5.32 Å². The fourth-order valence-electron chi connectivity index (χ4n) is 1.47. The molecule has 0 bridgehead atoms. The minimum absolute atomic E-state index is 0.109. The quantitative estimate of drug-likeness (QED) is 0.873. The van der Waals surface area contributed by atoms with E-state index in [1.165, 1.54) is 18.3 Å². The maximum Gasteiger partial charge on any atom is 0.335 e. The van der Waals surface area contributed by atoms with Crippen LogP contribution in [0.5, 0.6) is 0 Å². The molecule has 2 aromatic rings. The van der Waals surface area contributed by atoms with E-state index in [4.69, 9.17) is 5.11 Å². The Bertz CT molecular complexity index is 511. The maximum absolute atomic E-state index is 10.8. The van der Waals surface area contributed by atoms with Crippen molar-refractivity contribution in [3.63, 3.8) is 0 Å². The molecule has 0 aliphatic carbocycles. The molecule has 17 heavy (non-hydrogen) atoms. The van der Waals surface area contributed by atoms with Gasteiger partial charge in [0.15, 0.2) is 0 Å². The molecule has 5 heteroatoms. The van der Waals surface area contributed by atoms with Crippen LogP contribution >= 0.6 is 11.3 Å². The van der Waals surface area contributed by atoms with Gasteiger partial charge in [-0.1, -0.05) is 0 Å². The number of nitrogens with one attached hydrogen (secondary N) is 1. The van der Waals surface area contributed by atoms with Crippen LogP contribution in [-0.2, 0) is 0 Å². The van der Waals surface area contributed by atoms with E-state index in [9.17, 15) is 4.79 Å². The number of hydrogen-bond acceptors (Lipinski definition) is 4. The molecule has 0 aliphatic rings. The summed E-state index contributed by atoms with van der Waals surface area (Å²) in [6.45, 7) is 2.01. The van der Waals surface area contributed by atoms with Crippen molar-refractivity contribution in [1.82, 2.24) is 4.98 Å². The maximum atomic E-state index is 10.8. The molecule has 2 N–H and O–H groups in total. The number of carboxylic acid groups (broad SMARTS) is 1. The molecule has 0 spiro atoms. The summed E-state index contributed by atoms with van der Waals surface area (Å²) in [5.74, 6) is -0.373. The molecule has 0 aliphatic heterocycles. The summed E-state index contributed by atoms with van der Waals surface area (Å²) < 4.78 is 0. The highest BCUT2D eigenvalue weighted by atomic mass is 32.1. The molecule has 0 fully saturated rings. The first-order valence-electron chi connectivity index (χ1n) is 5.15. The molecule has 2 aromatic heterocycles. The van der Waals surface area contributed by atoms with Crippen LogP contribution in [0.2, 0.25) is 0 Å². The summed E-state index contributed by atoms with van der Waals surface area (Å²) in [4.78, 5) is 14.9. The van der Waals surface area contributed by atoms with Crippen molar-refractivity contribution in [1.29, 1.82) is 0 Å². The van der Waals surface area contributed by atoms with Crippen LogP contribution in [0.4, 0.5) is 5.82 Å². The molecule has 0 amide bonds. The highest BCUT2D eigenvalue weighted by molar-refractivity contribution is 7.07. The summed E-state index contributed by atoms with van der Waals surface area (Å²) in [7, 11) is 0. The highest BCUT2D eigenvalue weighted by Crippen LogP contribution is 2.20.